The van der Waals surface area contributed by atoms with E-state index in [9.17, 15) is 9.18 Å². The van der Waals surface area contributed by atoms with Crippen LogP contribution in [0.15, 0.2) is 30.5 Å². The Bertz CT molecular complexity index is 1010. The maximum absolute atomic E-state index is 14.4. The first kappa shape index (κ1) is 20.8. The molecule has 0 aromatic carbocycles. The van der Waals surface area contributed by atoms with Crippen LogP contribution in [0.1, 0.15) is 11.0 Å². The molecule has 158 valence electrons. The van der Waals surface area contributed by atoms with E-state index in [1.165, 1.54) is 18.4 Å². The zero-order valence-corrected chi connectivity index (χ0v) is 18.0. The molecule has 1 N–H and O–H groups in total. The summed E-state index contributed by atoms with van der Waals surface area (Å²) in [5.74, 6) is 0.160. The highest BCUT2D eigenvalue weighted by atomic mass is 35.5. The number of thiophene rings is 1. The van der Waals surface area contributed by atoms with Crippen LogP contribution in [0.2, 0.25) is 4.34 Å². The van der Waals surface area contributed by atoms with Crippen molar-refractivity contribution >= 4 is 51.1 Å². The molecule has 1 amide bonds. The molecule has 3 aromatic heterocycles. The number of amides is 1. The number of alkyl halides is 1. The van der Waals surface area contributed by atoms with Crippen molar-refractivity contribution in [3.8, 4) is 5.19 Å². The first-order valence-electron chi connectivity index (χ1n) is 8.79. The summed E-state index contributed by atoms with van der Waals surface area (Å²) in [6.07, 6.45) is -1.24. The van der Waals surface area contributed by atoms with Crippen molar-refractivity contribution in [3.05, 3.63) is 39.7 Å². The molecule has 1 aliphatic rings. The lowest BCUT2D eigenvalue weighted by Crippen LogP contribution is -2.27. The Morgan fingerprint density at radius 2 is 2.17 bits per heavy atom. The molecular weight excluding hydrogens is 455 g/mol. The first-order valence-corrected chi connectivity index (χ1v) is 10.8. The number of carbonyl (C=O) groups excluding carboxylic acids is 1. The SMILES string of the molecule is COC(C(=O)Nc1nnc(O[C@H]2CN(c3cccnn3)C[C@@H]2F)s1)c1ccc(Cl)s1. The molecule has 30 heavy (non-hydrogen) atoms. The van der Waals surface area contributed by atoms with E-state index in [2.05, 4.69) is 25.7 Å². The Morgan fingerprint density at radius 3 is 2.87 bits per heavy atom. The summed E-state index contributed by atoms with van der Waals surface area (Å²) in [5.41, 5.74) is 0. The second-order valence-electron chi connectivity index (χ2n) is 6.28. The van der Waals surface area contributed by atoms with E-state index >= 15 is 0 Å². The number of nitrogens with one attached hydrogen (secondary N) is 1. The lowest BCUT2D eigenvalue weighted by Gasteiger charge is -2.15. The van der Waals surface area contributed by atoms with Crippen LogP contribution in [0.25, 0.3) is 0 Å². The summed E-state index contributed by atoms with van der Waals surface area (Å²) >= 11 is 8.18. The van der Waals surface area contributed by atoms with Crippen LogP contribution in [-0.4, -0.2) is 58.8 Å². The number of anilines is 2. The van der Waals surface area contributed by atoms with Crippen molar-refractivity contribution in [2.24, 2.45) is 0 Å². The smallest absolute Gasteiger partial charge is 0.296 e. The minimum Gasteiger partial charge on any atom is -0.461 e. The highest BCUT2D eigenvalue weighted by Gasteiger charge is 2.36. The molecule has 0 saturated carbocycles. The van der Waals surface area contributed by atoms with E-state index < -0.39 is 24.3 Å². The number of ether oxygens (including phenoxy) is 2. The van der Waals surface area contributed by atoms with Gasteiger partial charge in [0.25, 0.3) is 11.1 Å². The van der Waals surface area contributed by atoms with Gasteiger partial charge in [-0.05, 0) is 35.6 Å². The molecule has 0 radical (unpaired) electrons. The summed E-state index contributed by atoms with van der Waals surface area (Å²) in [6, 6.07) is 6.91. The predicted molar refractivity (Wildman–Crippen MR) is 111 cm³/mol. The van der Waals surface area contributed by atoms with Crippen LogP contribution >= 0.6 is 34.3 Å². The molecule has 3 aromatic rings. The number of nitrogens with zero attached hydrogens (tertiary/aromatic N) is 5. The molecule has 13 heteroatoms. The predicted octanol–water partition coefficient (Wildman–Crippen LogP) is 2.97. The minimum absolute atomic E-state index is 0.144. The van der Waals surface area contributed by atoms with Gasteiger partial charge in [-0.1, -0.05) is 16.7 Å². The number of carbonyl (C=O) groups is 1. The molecule has 4 rings (SSSR count). The Morgan fingerprint density at radius 1 is 1.30 bits per heavy atom. The van der Waals surface area contributed by atoms with Gasteiger partial charge in [0.05, 0.1) is 17.4 Å². The van der Waals surface area contributed by atoms with Gasteiger partial charge in [0, 0.05) is 18.2 Å². The van der Waals surface area contributed by atoms with Gasteiger partial charge in [-0.3, -0.25) is 10.1 Å². The van der Waals surface area contributed by atoms with Crippen LogP contribution in [0.5, 0.6) is 5.19 Å². The largest absolute Gasteiger partial charge is 0.461 e. The molecule has 1 aliphatic heterocycles. The Balaban J connectivity index is 1.36. The highest BCUT2D eigenvalue weighted by Crippen LogP contribution is 2.31. The topological polar surface area (TPSA) is 102 Å². The standard InChI is InChI=1S/C17H16ClFN6O3S2/c1-27-14(11-4-5-12(18)29-11)15(26)21-16-23-24-17(30-16)28-10-8-25(7-9(10)19)13-3-2-6-20-22-13/h2-6,9-10,14H,7-8H2,1H3,(H,21,23,26)/t9-,10-,14?/m0/s1. The average molecular weight is 471 g/mol. The minimum atomic E-state index is -1.23. The van der Waals surface area contributed by atoms with Gasteiger partial charge in [-0.2, -0.15) is 5.10 Å². The first-order chi connectivity index (χ1) is 14.5. The van der Waals surface area contributed by atoms with E-state index in [-0.39, 0.29) is 16.9 Å². The summed E-state index contributed by atoms with van der Waals surface area (Å²) in [4.78, 5) is 14.9. The van der Waals surface area contributed by atoms with Crippen LogP contribution in [-0.2, 0) is 9.53 Å². The van der Waals surface area contributed by atoms with Gasteiger partial charge >= 0.3 is 0 Å². The summed E-state index contributed by atoms with van der Waals surface area (Å²) < 4.78 is 25.9. The average Bonchev–Trinajstić information content (AvgIpc) is 3.45. The fraction of sp³-hybridized carbons (Fsp3) is 0.353. The molecule has 9 nitrogen and oxygen atoms in total. The van der Waals surface area contributed by atoms with Crippen molar-refractivity contribution < 1.29 is 18.7 Å². The molecule has 3 atom stereocenters. The van der Waals surface area contributed by atoms with E-state index in [1.807, 2.05) is 0 Å². The maximum atomic E-state index is 14.4. The monoisotopic (exact) mass is 470 g/mol. The third kappa shape index (κ3) is 4.67. The van der Waals surface area contributed by atoms with E-state index in [0.29, 0.717) is 21.6 Å². The quantitative estimate of drug-likeness (QED) is 0.562. The molecule has 0 aliphatic carbocycles. The zero-order chi connectivity index (χ0) is 21.1. The number of hydrogen-bond donors (Lipinski definition) is 1. The molecule has 0 spiro atoms. The zero-order valence-electron chi connectivity index (χ0n) is 15.6. The van der Waals surface area contributed by atoms with Gasteiger partial charge in [0.2, 0.25) is 5.13 Å². The lowest BCUT2D eigenvalue weighted by molar-refractivity contribution is -0.125. The molecule has 4 heterocycles. The van der Waals surface area contributed by atoms with Crippen molar-refractivity contribution in [3.63, 3.8) is 0 Å². The van der Waals surface area contributed by atoms with Gasteiger partial charge in [-0.25, -0.2) is 4.39 Å². The second-order valence-corrected chi connectivity index (χ2v) is 8.97. The molecular formula is C17H16ClFN6O3S2. The van der Waals surface area contributed by atoms with Gasteiger partial charge in [0.1, 0.15) is 0 Å². The fourth-order valence-corrected chi connectivity index (χ4v) is 4.71. The van der Waals surface area contributed by atoms with Crippen molar-refractivity contribution in [2.75, 3.05) is 30.4 Å². The number of methoxy groups -OCH3 is 1. The third-order valence-electron chi connectivity index (χ3n) is 4.30. The van der Waals surface area contributed by atoms with E-state index in [4.69, 9.17) is 21.1 Å². The normalized spacial score (nSPS) is 19.6. The van der Waals surface area contributed by atoms with Gasteiger partial charge < -0.3 is 14.4 Å². The van der Waals surface area contributed by atoms with Gasteiger partial charge in [-0.15, -0.1) is 21.5 Å². The van der Waals surface area contributed by atoms with Gasteiger partial charge in [0.15, 0.2) is 24.2 Å². The number of hydrogen-bond acceptors (Lipinski definition) is 10. The maximum Gasteiger partial charge on any atom is 0.296 e. The van der Waals surface area contributed by atoms with Crippen LogP contribution in [0.4, 0.5) is 15.3 Å². The van der Waals surface area contributed by atoms with Crippen LogP contribution in [0, 0.1) is 0 Å². The lowest BCUT2D eigenvalue weighted by atomic mass is 10.3. The Hall–Kier alpha value is -2.41. The van der Waals surface area contributed by atoms with E-state index in [0.717, 1.165) is 11.3 Å². The Kier molecular flexibility index (Phi) is 6.37. The van der Waals surface area contributed by atoms with E-state index in [1.54, 1.807) is 35.4 Å². The highest BCUT2D eigenvalue weighted by molar-refractivity contribution is 7.17. The number of aromatic nitrogens is 4. The van der Waals surface area contributed by atoms with Crippen LogP contribution < -0.4 is 15.0 Å². The molecule has 0 bridgehead atoms. The second kappa shape index (κ2) is 9.16. The molecule has 1 unspecified atom stereocenters. The summed E-state index contributed by atoms with van der Waals surface area (Å²) in [6.45, 7) is 0.441. The summed E-state index contributed by atoms with van der Waals surface area (Å²) in [5, 5.41) is 18.6. The van der Waals surface area contributed by atoms with Crippen molar-refractivity contribution in [1.29, 1.82) is 0 Å². The number of rotatable bonds is 7. The molecule has 1 saturated heterocycles. The van der Waals surface area contributed by atoms with Crippen molar-refractivity contribution in [1.82, 2.24) is 20.4 Å². The van der Waals surface area contributed by atoms with Crippen molar-refractivity contribution in [2.45, 2.75) is 18.4 Å². The molecule has 1 fully saturated rings. The summed E-state index contributed by atoms with van der Waals surface area (Å²) in [7, 11) is 1.43. The number of halogens is 2. The third-order valence-corrected chi connectivity index (χ3v) is 6.30. The van der Waals surface area contributed by atoms with Crippen LogP contribution in [0.3, 0.4) is 0 Å². The fourth-order valence-electron chi connectivity index (χ4n) is 2.92. The Labute approximate surface area is 183 Å².